The van der Waals surface area contributed by atoms with Gasteiger partial charge < -0.3 is 24.1 Å². The van der Waals surface area contributed by atoms with Crippen LogP contribution in [-0.2, 0) is 9.13 Å². The van der Waals surface area contributed by atoms with Gasteiger partial charge in [-0.05, 0) is 6.92 Å². The van der Waals surface area contributed by atoms with Crippen LogP contribution >= 0.6 is 15.2 Å². The van der Waals surface area contributed by atoms with E-state index in [2.05, 4.69) is 9.68 Å². The summed E-state index contributed by atoms with van der Waals surface area (Å²) in [5.74, 6) is -0.519. The minimum atomic E-state index is -5.00. The van der Waals surface area contributed by atoms with Gasteiger partial charge in [-0.2, -0.15) is 0 Å². The molecule has 0 spiro atoms. The van der Waals surface area contributed by atoms with Crippen LogP contribution in [0.15, 0.2) is 10.6 Å². The Kier molecular flexibility index (Phi) is 3.21. The van der Waals surface area contributed by atoms with Crippen molar-refractivity contribution in [2.75, 3.05) is 0 Å². The first-order chi connectivity index (χ1) is 6.62. The first kappa shape index (κ1) is 12.6. The quantitative estimate of drug-likeness (QED) is 0.568. The first-order valence-electron chi connectivity index (χ1n) is 3.66. The van der Waals surface area contributed by atoms with Crippen LogP contribution < -0.4 is 0 Å². The number of hydrogen-bond acceptors (Lipinski definition) is 4. The summed E-state index contributed by atoms with van der Waals surface area (Å²) in [7, 11) is -10.0. The third-order valence-corrected chi connectivity index (χ3v) is 5.13. The SMILES string of the molecule is Cc1cc(C(P(=O)(O)O)P(=O)(O)O)on1. The molecule has 0 unspecified atom stereocenters. The molecule has 1 heterocycles. The van der Waals surface area contributed by atoms with E-state index in [4.69, 9.17) is 19.6 Å². The third-order valence-electron chi connectivity index (χ3n) is 1.54. The molecule has 10 heteroatoms. The monoisotopic (exact) mass is 257 g/mol. The summed E-state index contributed by atoms with van der Waals surface area (Å²) in [6.07, 6.45) is 0. The van der Waals surface area contributed by atoms with Crippen molar-refractivity contribution in [2.45, 2.75) is 12.3 Å². The Morgan fingerprint density at radius 3 is 2.00 bits per heavy atom. The molecule has 4 N–H and O–H groups in total. The molecule has 0 saturated carbocycles. The highest BCUT2D eigenvalue weighted by Crippen LogP contribution is 2.69. The van der Waals surface area contributed by atoms with Gasteiger partial charge in [0, 0.05) is 6.07 Å². The largest absolute Gasteiger partial charge is 0.359 e. The summed E-state index contributed by atoms with van der Waals surface area (Å²) >= 11 is 0. The van der Waals surface area contributed by atoms with Crippen molar-refractivity contribution in [1.29, 1.82) is 0 Å². The van der Waals surface area contributed by atoms with Crippen LogP contribution in [0.2, 0.25) is 0 Å². The van der Waals surface area contributed by atoms with Crippen LogP contribution in [0.5, 0.6) is 0 Å². The topological polar surface area (TPSA) is 141 Å². The Labute approximate surface area is 84.2 Å². The van der Waals surface area contributed by atoms with Crippen molar-refractivity contribution in [2.24, 2.45) is 0 Å². The lowest BCUT2D eigenvalue weighted by molar-refractivity contribution is 0.316. The Bertz CT molecular complexity index is 420. The van der Waals surface area contributed by atoms with E-state index in [-0.39, 0.29) is 5.69 Å². The van der Waals surface area contributed by atoms with Crippen LogP contribution in [0.25, 0.3) is 0 Å². The van der Waals surface area contributed by atoms with Crippen LogP contribution in [0.3, 0.4) is 0 Å². The van der Waals surface area contributed by atoms with Gasteiger partial charge >= 0.3 is 15.2 Å². The number of nitrogens with zero attached hydrogens (tertiary/aromatic N) is 1. The van der Waals surface area contributed by atoms with Gasteiger partial charge in [-0.1, -0.05) is 5.16 Å². The molecule has 15 heavy (non-hydrogen) atoms. The predicted molar refractivity (Wildman–Crippen MR) is 48.1 cm³/mol. The van der Waals surface area contributed by atoms with Crippen LogP contribution in [-0.4, -0.2) is 24.7 Å². The standard InChI is InChI=1S/C5H9NO7P2/c1-3-2-4(13-6-3)5(14(7,8)9)15(10,11)12/h2,5H,1H3,(H2,7,8,9)(H2,10,11,12). The highest BCUT2D eigenvalue weighted by molar-refractivity contribution is 7.70. The van der Waals surface area contributed by atoms with Crippen LogP contribution in [0, 0.1) is 6.92 Å². The smallest absolute Gasteiger partial charge is 0.348 e. The minimum absolute atomic E-state index is 0.275. The molecule has 0 radical (unpaired) electrons. The van der Waals surface area contributed by atoms with Crippen LogP contribution in [0.1, 0.15) is 16.9 Å². The molecule has 0 bridgehead atoms. The molecule has 0 aliphatic rings. The maximum atomic E-state index is 10.9. The zero-order chi connectivity index (χ0) is 11.9. The van der Waals surface area contributed by atoms with Crippen molar-refractivity contribution < 1.29 is 33.2 Å². The molecular weight excluding hydrogens is 248 g/mol. The van der Waals surface area contributed by atoms with E-state index in [0.717, 1.165) is 6.07 Å². The zero-order valence-electron chi connectivity index (χ0n) is 7.51. The van der Waals surface area contributed by atoms with E-state index in [1.807, 2.05) is 0 Å². The molecule has 8 nitrogen and oxygen atoms in total. The molecule has 86 valence electrons. The molecule has 0 aromatic carbocycles. The molecule has 0 amide bonds. The fourth-order valence-electron chi connectivity index (χ4n) is 1.03. The molecule has 0 aliphatic carbocycles. The van der Waals surface area contributed by atoms with Gasteiger partial charge in [-0.15, -0.1) is 0 Å². The molecule has 0 aliphatic heterocycles. The third kappa shape index (κ3) is 2.98. The second-order valence-corrected chi connectivity index (χ2v) is 6.72. The molecule has 1 rings (SSSR count). The van der Waals surface area contributed by atoms with E-state index >= 15 is 0 Å². The van der Waals surface area contributed by atoms with Gasteiger partial charge in [0.1, 0.15) is 0 Å². The van der Waals surface area contributed by atoms with E-state index in [1.54, 1.807) is 0 Å². The number of aryl methyl sites for hydroxylation is 1. The maximum Gasteiger partial charge on any atom is 0.348 e. The molecule has 0 atom stereocenters. The van der Waals surface area contributed by atoms with E-state index in [1.165, 1.54) is 6.92 Å². The second kappa shape index (κ2) is 3.83. The average molecular weight is 257 g/mol. The second-order valence-electron chi connectivity index (χ2n) is 2.92. The number of rotatable bonds is 3. The Hall–Kier alpha value is -0.490. The average Bonchev–Trinajstić information content (AvgIpc) is 2.28. The first-order valence-corrected chi connectivity index (χ1v) is 7.02. The fraction of sp³-hybridized carbons (Fsp3) is 0.400. The molecule has 0 saturated heterocycles. The summed E-state index contributed by atoms with van der Waals surface area (Å²) < 4.78 is 26.2. The molecule has 1 aromatic rings. The zero-order valence-corrected chi connectivity index (χ0v) is 9.30. The summed E-state index contributed by atoms with van der Waals surface area (Å²) in [6.45, 7) is 1.46. The lowest BCUT2D eigenvalue weighted by Gasteiger charge is -2.16. The Balaban J connectivity index is 3.26. The number of hydrogen-bond donors (Lipinski definition) is 4. The van der Waals surface area contributed by atoms with Crippen molar-refractivity contribution >= 4 is 15.2 Å². The lowest BCUT2D eigenvalue weighted by Crippen LogP contribution is -1.99. The van der Waals surface area contributed by atoms with Gasteiger partial charge in [0.2, 0.25) is 5.40 Å². The molecule has 1 aromatic heterocycles. The normalized spacial score (nSPS) is 13.5. The van der Waals surface area contributed by atoms with Crippen LogP contribution in [0.4, 0.5) is 0 Å². The lowest BCUT2D eigenvalue weighted by atomic mass is 10.4. The minimum Gasteiger partial charge on any atom is -0.359 e. The van der Waals surface area contributed by atoms with Gasteiger partial charge in [-0.25, -0.2) is 0 Å². The molecule has 0 fully saturated rings. The predicted octanol–water partition coefficient (Wildman–Crippen LogP) is 0.337. The summed E-state index contributed by atoms with van der Waals surface area (Å²) in [4.78, 5) is 35.2. The van der Waals surface area contributed by atoms with Gasteiger partial charge in [0.05, 0.1) is 5.69 Å². The van der Waals surface area contributed by atoms with Crippen molar-refractivity contribution in [3.8, 4) is 0 Å². The maximum absolute atomic E-state index is 10.9. The Morgan fingerprint density at radius 2 is 1.73 bits per heavy atom. The summed E-state index contributed by atoms with van der Waals surface area (Å²) in [5.41, 5.74) is 0.275. The summed E-state index contributed by atoms with van der Waals surface area (Å²) in [5, 5.41) is 1.02. The van der Waals surface area contributed by atoms with Gasteiger partial charge in [-0.3, -0.25) is 9.13 Å². The Morgan fingerprint density at radius 1 is 1.27 bits per heavy atom. The number of aromatic nitrogens is 1. The highest BCUT2D eigenvalue weighted by Gasteiger charge is 2.47. The molecular formula is C5H9NO7P2. The fourth-order valence-corrected chi connectivity index (χ4v) is 3.51. The summed E-state index contributed by atoms with van der Waals surface area (Å²) in [6, 6.07) is 1.07. The van der Waals surface area contributed by atoms with Crippen molar-refractivity contribution in [3.05, 3.63) is 17.5 Å². The van der Waals surface area contributed by atoms with E-state index < -0.39 is 26.4 Å². The highest BCUT2D eigenvalue weighted by atomic mass is 31.2. The van der Waals surface area contributed by atoms with Gasteiger partial charge in [0.25, 0.3) is 0 Å². The van der Waals surface area contributed by atoms with E-state index in [9.17, 15) is 9.13 Å². The van der Waals surface area contributed by atoms with Crippen molar-refractivity contribution in [3.63, 3.8) is 0 Å². The van der Waals surface area contributed by atoms with Crippen molar-refractivity contribution in [1.82, 2.24) is 5.16 Å². The van der Waals surface area contributed by atoms with E-state index in [0.29, 0.717) is 0 Å². The van der Waals surface area contributed by atoms with Gasteiger partial charge in [0.15, 0.2) is 5.76 Å².